The Hall–Kier alpha value is -2.08. The van der Waals surface area contributed by atoms with E-state index in [0.717, 1.165) is 0 Å². The number of carbonyl (C=O) groups excluding carboxylic acids is 1. The number of rotatable bonds is 2. The van der Waals surface area contributed by atoms with Gasteiger partial charge in [-0.2, -0.15) is 0 Å². The minimum Gasteiger partial charge on any atom is -0.478 e. The molecule has 1 aromatic rings. The Morgan fingerprint density at radius 1 is 1.50 bits per heavy atom. The molecule has 0 fully saturated rings. The third-order valence-corrected chi connectivity index (χ3v) is 2.70. The lowest BCUT2D eigenvalue weighted by Crippen LogP contribution is -2.51. The van der Waals surface area contributed by atoms with E-state index in [9.17, 15) is 9.59 Å². The zero-order chi connectivity index (χ0) is 13.3. The molecule has 1 aliphatic rings. The van der Waals surface area contributed by atoms with Crippen molar-refractivity contribution < 1.29 is 19.4 Å². The van der Waals surface area contributed by atoms with Gasteiger partial charge in [0.1, 0.15) is 5.75 Å². The number of ether oxygens (including phenoxy) is 1. The van der Waals surface area contributed by atoms with Gasteiger partial charge in [-0.15, -0.1) is 0 Å². The Kier molecular flexibility index (Phi) is 3.20. The second-order valence-electron chi connectivity index (χ2n) is 4.15. The van der Waals surface area contributed by atoms with Gasteiger partial charge >= 0.3 is 5.97 Å². The maximum atomic E-state index is 12.0. The van der Waals surface area contributed by atoms with Crippen LogP contribution in [0, 0.1) is 0 Å². The number of carbonyl (C=O) groups is 2. The van der Waals surface area contributed by atoms with Crippen molar-refractivity contribution in [3.05, 3.63) is 24.3 Å². The number of hydrogen-bond acceptors (Lipinski definition) is 4. The molecule has 3 N–H and O–H groups in total. The topological polar surface area (TPSA) is 92.9 Å². The molecule has 2 atom stereocenters. The number of amides is 1. The molecule has 2 unspecified atom stereocenters. The number of carboxylic acids is 1. The molecule has 0 bridgehead atoms. The summed E-state index contributed by atoms with van der Waals surface area (Å²) >= 11 is 0. The zero-order valence-electron chi connectivity index (χ0n) is 9.87. The van der Waals surface area contributed by atoms with Crippen LogP contribution in [0.25, 0.3) is 0 Å². The lowest BCUT2D eigenvalue weighted by Gasteiger charge is -2.33. The van der Waals surface area contributed by atoms with Crippen LogP contribution < -0.4 is 15.4 Å². The highest BCUT2D eigenvalue weighted by Crippen LogP contribution is 2.33. The van der Waals surface area contributed by atoms with Crippen LogP contribution in [0.1, 0.15) is 6.92 Å². The van der Waals surface area contributed by atoms with Crippen LogP contribution in [0.3, 0.4) is 0 Å². The van der Waals surface area contributed by atoms with E-state index in [4.69, 9.17) is 15.6 Å². The Morgan fingerprint density at radius 3 is 2.78 bits per heavy atom. The van der Waals surface area contributed by atoms with Crippen molar-refractivity contribution in [2.45, 2.75) is 19.1 Å². The fraction of sp³-hybridized carbons (Fsp3) is 0.333. The number of para-hydroxylation sites is 2. The van der Waals surface area contributed by atoms with Crippen LogP contribution in [0.5, 0.6) is 5.75 Å². The minimum atomic E-state index is -1.10. The molecule has 96 valence electrons. The lowest BCUT2D eigenvalue weighted by atomic mass is 10.1. The predicted octanol–water partition coefficient (Wildman–Crippen LogP) is 0.212. The van der Waals surface area contributed by atoms with Crippen LogP contribution >= 0.6 is 0 Å². The second-order valence-corrected chi connectivity index (χ2v) is 4.15. The van der Waals surface area contributed by atoms with E-state index in [1.807, 2.05) is 0 Å². The average molecular weight is 250 g/mol. The van der Waals surface area contributed by atoms with E-state index in [2.05, 4.69) is 0 Å². The zero-order valence-corrected chi connectivity index (χ0v) is 9.87. The largest absolute Gasteiger partial charge is 0.478 e. The molecule has 1 amide bonds. The van der Waals surface area contributed by atoms with Crippen molar-refractivity contribution in [3.8, 4) is 5.75 Å². The van der Waals surface area contributed by atoms with Gasteiger partial charge in [-0.25, -0.2) is 4.79 Å². The number of aliphatic carboxylic acids is 1. The molecule has 1 aromatic carbocycles. The van der Waals surface area contributed by atoms with Gasteiger partial charge in [0, 0.05) is 0 Å². The molecule has 0 aromatic heterocycles. The van der Waals surface area contributed by atoms with Gasteiger partial charge < -0.3 is 20.5 Å². The molecule has 6 heteroatoms. The van der Waals surface area contributed by atoms with Crippen molar-refractivity contribution >= 4 is 17.6 Å². The summed E-state index contributed by atoms with van der Waals surface area (Å²) in [4.78, 5) is 24.4. The summed E-state index contributed by atoms with van der Waals surface area (Å²) in [6.45, 7) is 1.53. The maximum Gasteiger partial charge on any atom is 0.346 e. The van der Waals surface area contributed by atoms with Gasteiger partial charge in [0.25, 0.3) is 0 Å². The summed E-state index contributed by atoms with van der Waals surface area (Å²) < 4.78 is 5.32. The maximum absolute atomic E-state index is 12.0. The SMILES string of the molecule is CC(N)C(=O)N1CC(C(=O)O)Oc2ccccc21. The van der Waals surface area contributed by atoms with E-state index >= 15 is 0 Å². The normalized spacial score (nSPS) is 19.7. The molecular weight excluding hydrogens is 236 g/mol. The number of nitrogens with two attached hydrogens (primary N) is 1. The molecule has 0 aliphatic carbocycles. The monoisotopic (exact) mass is 250 g/mol. The highest BCUT2D eigenvalue weighted by atomic mass is 16.5. The summed E-state index contributed by atoms with van der Waals surface area (Å²) in [5.74, 6) is -1.05. The van der Waals surface area contributed by atoms with Gasteiger partial charge in [0.2, 0.25) is 12.0 Å². The second kappa shape index (κ2) is 4.66. The van der Waals surface area contributed by atoms with E-state index in [1.54, 1.807) is 31.2 Å². The minimum absolute atomic E-state index is 0.0350. The molecule has 1 heterocycles. The predicted molar refractivity (Wildman–Crippen MR) is 64.5 cm³/mol. The van der Waals surface area contributed by atoms with Crippen LogP contribution in [0.2, 0.25) is 0 Å². The van der Waals surface area contributed by atoms with Gasteiger partial charge in [0.05, 0.1) is 18.3 Å². The van der Waals surface area contributed by atoms with Gasteiger partial charge in [-0.3, -0.25) is 4.79 Å². The number of nitrogens with zero attached hydrogens (tertiary/aromatic N) is 1. The molecular formula is C12H14N2O4. The number of benzene rings is 1. The number of hydrogen-bond donors (Lipinski definition) is 2. The summed E-state index contributed by atoms with van der Waals surface area (Å²) in [6, 6.07) is 6.12. The smallest absolute Gasteiger partial charge is 0.346 e. The van der Waals surface area contributed by atoms with Gasteiger partial charge in [-0.1, -0.05) is 12.1 Å². The number of fused-ring (bicyclic) bond motifs is 1. The molecule has 6 nitrogen and oxygen atoms in total. The summed E-state index contributed by atoms with van der Waals surface area (Å²) in [7, 11) is 0. The van der Waals surface area contributed by atoms with Crippen molar-refractivity contribution in [3.63, 3.8) is 0 Å². The fourth-order valence-electron chi connectivity index (χ4n) is 1.82. The first kappa shape index (κ1) is 12.4. The molecule has 0 saturated carbocycles. The summed E-state index contributed by atoms with van der Waals surface area (Å²) in [6.07, 6.45) is -1.07. The standard InChI is InChI=1S/C12H14N2O4/c1-7(13)11(15)14-6-10(12(16)17)18-9-5-3-2-4-8(9)14/h2-5,7,10H,6,13H2,1H3,(H,16,17). The number of carboxylic acid groups (broad SMARTS) is 1. The molecule has 0 saturated heterocycles. The van der Waals surface area contributed by atoms with Crippen LogP contribution in [0.4, 0.5) is 5.69 Å². The van der Waals surface area contributed by atoms with E-state index in [1.165, 1.54) is 4.90 Å². The van der Waals surface area contributed by atoms with E-state index in [-0.39, 0.29) is 12.5 Å². The van der Waals surface area contributed by atoms with Crippen molar-refractivity contribution in [1.82, 2.24) is 0 Å². The molecule has 0 spiro atoms. The van der Waals surface area contributed by atoms with Crippen LogP contribution in [-0.4, -0.2) is 35.7 Å². The third kappa shape index (κ3) is 2.14. The highest BCUT2D eigenvalue weighted by molar-refractivity contribution is 5.99. The highest BCUT2D eigenvalue weighted by Gasteiger charge is 2.34. The molecule has 18 heavy (non-hydrogen) atoms. The quantitative estimate of drug-likeness (QED) is 0.782. The van der Waals surface area contributed by atoms with Crippen molar-refractivity contribution in [1.29, 1.82) is 0 Å². The Morgan fingerprint density at radius 2 is 2.17 bits per heavy atom. The van der Waals surface area contributed by atoms with Crippen LogP contribution in [0.15, 0.2) is 24.3 Å². The third-order valence-electron chi connectivity index (χ3n) is 2.70. The van der Waals surface area contributed by atoms with E-state index < -0.39 is 18.1 Å². The summed E-state index contributed by atoms with van der Waals surface area (Å²) in [5, 5.41) is 9.01. The van der Waals surface area contributed by atoms with Crippen LogP contribution in [-0.2, 0) is 9.59 Å². The molecule has 2 rings (SSSR count). The lowest BCUT2D eigenvalue weighted by molar-refractivity contribution is -0.145. The van der Waals surface area contributed by atoms with Crippen molar-refractivity contribution in [2.24, 2.45) is 5.73 Å². The Labute approximate surface area is 104 Å². The Balaban J connectivity index is 2.39. The first-order valence-electron chi connectivity index (χ1n) is 5.56. The Bertz CT molecular complexity index is 487. The van der Waals surface area contributed by atoms with Gasteiger partial charge in [-0.05, 0) is 19.1 Å². The number of anilines is 1. The first-order valence-corrected chi connectivity index (χ1v) is 5.56. The van der Waals surface area contributed by atoms with Crippen molar-refractivity contribution in [2.75, 3.05) is 11.4 Å². The molecule has 1 aliphatic heterocycles. The average Bonchev–Trinajstić information content (AvgIpc) is 2.36. The fourth-order valence-corrected chi connectivity index (χ4v) is 1.82. The first-order chi connectivity index (χ1) is 8.50. The van der Waals surface area contributed by atoms with E-state index in [0.29, 0.717) is 11.4 Å². The summed E-state index contributed by atoms with van der Waals surface area (Å²) in [5.41, 5.74) is 6.12. The van der Waals surface area contributed by atoms with Gasteiger partial charge in [0.15, 0.2) is 0 Å². The molecule has 0 radical (unpaired) electrons.